The summed E-state index contributed by atoms with van der Waals surface area (Å²) in [6, 6.07) is 6.64. The second kappa shape index (κ2) is 6.64. The largest absolute Gasteiger partial charge is 0.383 e. The number of nitrogens with two attached hydrogens (primary N) is 1. The van der Waals surface area contributed by atoms with Crippen LogP contribution in [-0.2, 0) is 10.0 Å². The molecule has 1 unspecified atom stereocenters. The molecule has 6 nitrogen and oxygen atoms in total. The summed E-state index contributed by atoms with van der Waals surface area (Å²) < 4.78 is 41.0. The number of pyridine rings is 1. The van der Waals surface area contributed by atoms with Crippen LogP contribution in [0.5, 0.6) is 0 Å². The molecular formula is C15H16ClFN4O2S. The molecule has 0 spiro atoms. The summed E-state index contributed by atoms with van der Waals surface area (Å²) in [6.45, 7) is 1.09. The molecule has 1 aliphatic rings. The predicted molar refractivity (Wildman–Crippen MR) is 89.6 cm³/mol. The molecule has 0 saturated carbocycles. The van der Waals surface area contributed by atoms with Crippen LogP contribution < -0.4 is 11.1 Å². The Morgan fingerprint density at radius 2 is 2.17 bits per heavy atom. The molecule has 1 aromatic heterocycles. The number of benzene rings is 1. The number of nitrogens with one attached hydrogen (secondary N) is 1. The molecule has 0 aliphatic carbocycles. The zero-order valence-corrected chi connectivity index (χ0v) is 14.2. The Morgan fingerprint density at radius 3 is 2.92 bits per heavy atom. The summed E-state index contributed by atoms with van der Waals surface area (Å²) in [6.07, 6.45) is 1.29. The molecule has 128 valence electrons. The van der Waals surface area contributed by atoms with Crippen molar-refractivity contribution in [3.05, 3.63) is 52.9 Å². The van der Waals surface area contributed by atoms with E-state index in [2.05, 4.69) is 10.3 Å². The molecule has 3 rings (SSSR count). The highest BCUT2D eigenvalue weighted by molar-refractivity contribution is 7.89. The molecule has 1 aromatic carbocycles. The van der Waals surface area contributed by atoms with Gasteiger partial charge in [-0.05, 0) is 23.8 Å². The molecular weight excluding hydrogens is 355 g/mol. The molecule has 2 heterocycles. The average Bonchev–Trinajstić information content (AvgIpc) is 2.57. The standard InChI is InChI=1S/C15H16ClFN4O2S/c16-11-7-14(15(18)20-8-11)24(22,23)21-5-4-19-9-13(21)10-2-1-3-12(17)6-10/h1-3,6-8,13,19H,4-5,9H2,(H2,18,20). The van der Waals surface area contributed by atoms with Crippen LogP contribution in [0.3, 0.4) is 0 Å². The third-order valence-electron chi connectivity index (χ3n) is 3.86. The Morgan fingerprint density at radius 1 is 1.38 bits per heavy atom. The van der Waals surface area contributed by atoms with Crippen molar-refractivity contribution >= 4 is 27.4 Å². The molecule has 2 aromatic rings. The molecule has 3 N–H and O–H groups in total. The van der Waals surface area contributed by atoms with Gasteiger partial charge in [0, 0.05) is 25.8 Å². The Balaban J connectivity index is 2.05. The van der Waals surface area contributed by atoms with E-state index in [1.54, 1.807) is 12.1 Å². The van der Waals surface area contributed by atoms with Gasteiger partial charge in [-0.2, -0.15) is 4.31 Å². The van der Waals surface area contributed by atoms with Crippen molar-refractivity contribution in [3.63, 3.8) is 0 Å². The number of hydrogen-bond donors (Lipinski definition) is 2. The van der Waals surface area contributed by atoms with E-state index in [9.17, 15) is 12.8 Å². The zero-order valence-electron chi connectivity index (χ0n) is 12.6. The molecule has 0 radical (unpaired) electrons. The fourth-order valence-electron chi connectivity index (χ4n) is 2.74. The van der Waals surface area contributed by atoms with E-state index >= 15 is 0 Å². The maximum atomic E-state index is 13.5. The number of anilines is 1. The second-order valence-corrected chi connectivity index (χ2v) is 7.72. The van der Waals surface area contributed by atoms with Crippen LogP contribution in [-0.4, -0.2) is 37.3 Å². The van der Waals surface area contributed by atoms with Crippen molar-refractivity contribution in [2.45, 2.75) is 10.9 Å². The highest BCUT2D eigenvalue weighted by atomic mass is 35.5. The van der Waals surface area contributed by atoms with Crippen LogP contribution >= 0.6 is 11.6 Å². The molecule has 1 aliphatic heterocycles. The maximum Gasteiger partial charge on any atom is 0.247 e. The lowest BCUT2D eigenvalue weighted by Gasteiger charge is -2.35. The van der Waals surface area contributed by atoms with Gasteiger partial charge in [-0.3, -0.25) is 0 Å². The van der Waals surface area contributed by atoms with E-state index < -0.39 is 21.9 Å². The van der Waals surface area contributed by atoms with Crippen molar-refractivity contribution in [2.75, 3.05) is 25.4 Å². The van der Waals surface area contributed by atoms with Gasteiger partial charge in [0.15, 0.2) is 0 Å². The van der Waals surface area contributed by atoms with Crippen LogP contribution in [0, 0.1) is 5.82 Å². The second-order valence-electron chi connectivity index (χ2n) is 5.43. The Kier molecular flexibility index (Phi) is 4.73. The van der Waals surface area contributed by atoms with Crippen LogP contribution in [0.15, 0.2) is 41.4 Å². The van der Waals surface area contributed by atoms with E-state index in [-0.39, 0.29) is 22.3 Å². The molecule has 9 heteroatoms. The van der Waals surface area contributed by atoms with Crippen molar-refractivity contribution in [1.82, 2.24) is 14.6 Å². The monoisotopic (exact) mass is 370 g/mol. The van der Waals surface area contributed by atoms with E-state index in [4.69, 9.17) is 17.3 Å². The van der Waals surface area contributed by atoms with E-state index in [1.807, 2.05) is 0 Å². The highest BCUT2D eigenvalue weighted by Gasteiger charge is 2.36. The third-order valence-corrected chi connectivity index (χ3v) is 6.01. The lowest BCUT2D eigenvalue weighted by molar-refractivity contribution is 0.271. The molecule has 0 bridgehead atoms. The average molecular weight is 371 g/mol. The van der Waals surface area contributed by atoms with Crippen LogP contribution in [0.1, 0.15) is 11.6 Å². The molecule has 1 saturated heterocycles. The number of halogens is 2. The fraction of sp³-hybridized carbons (Fsp3) is 0.267. The summed E-state index contributed by atoms with van der Waals surface area (Å²) >= 11 is 5.87. The number of nitrogen functional groups attached to an aromatic ring is 1. The first-order valence-electron chi connectivity index (χ1n) is 7.28. The predicted octanol–water partition coefficient (Wildman–Crippen LogP) is 1.79. The van der Waals surface area contributed by atoms with Gasteiger partial charge < -0.3 is 11.1 Å². The molecule has 1 atom stereocenters. The summed E-state index contributed by atoms with van der Waals surface area (Å²) in [5.41, 5.74) is 6.31. The summed E-state index contributed by atoms with van der Waals surface area (Å²) in [5.74, 6) is -0.532. The number of rotatable bonds is 3. The zero-order chi connectivity index (χ0) is 17.3. The molecule has 1 fully saturated rings. The number of hydrogen-bond acceptors (Lipinski definition) is 5. The van der Waals surface area contributed by atoms with Crippen molar-refractivity contribution in [3.8, 4) is 0 Å². The minimum atomic E-state index is -3.93. The topological polar surface area (TPSA) is 88.3 Å². The summed E-state index contributed by atoms with van der Waals surface area (Å²) in [7, 11) is -3.93. The molecule has 0 amide bonds. The van der Waals surface area contributed by atoms with E-state index in [0.29, 0.717) is 18.7 Å². The normalized spacial score (nSPS) is 19.3. The lowest BCUT2D eigenvalue weighted by atomic mass is 10.1. The molecule has 24 heavy (non-hydrogen) atoms. The van der Waals surface area contributed by atoms with Gasteiger partial charge in [0.25, 0.3) is 0 Å². The number of aromatic nitrogens is 1. The number of nitrogens with zero attached hydrogens (tertiary/aromatic N) is 2. The fourth-order valence-corrected chi connectivity index (χ4v) is 4.67. The van der Waals surface area contributed by atoms with Gasteiger partial charge in [-0.1, -0.05) is 23.7 Å². The van der Waals surface area contributed by atoms with Gasteiger partial charge in [0.05, 0.1) is 11.1 Å². The smallest absolute Gasteiger partial charge is 0.247 e. The van der Waals surface area contributed by atoms with Crippen LogP contribution in [0.25, 0.3) is 0 Å². The van der Waals surface area contributed by atoms with Crippen molar-refractivity contribution < 1.29 is 12.8 Å². The van der Waals surface area contributed by atoms with Crippen LogP contribution in [0.4, 0.5) is 10.2 Å². The minimum absolute atomic E-state index is 0.115. The van der Waals surface area contributed by atoms with Crippen LogP contribution in [0.2, 0.25) is 5.02 Å². The minimum Gasteiger partial charge on any atom is -0.383 e. The first kappa shape index (κ1) is 17.1. The first-order chi connectivity index (χ1) is 11.4. The van der Waals surface area contributed by atoms with Gasteiger partial charge in [-0.25, -0.2) is 17.8 Å². The Bertz CT molecular complexity index is 862. The summed E-state index contributed by atoms with van der Waals surface area (Å²) in [4.78, 5) is 3.68. The quantitative estimate of drug-likeness (QED) is 0.860. The first-order valence-corrected chi connectivity index (χ1v) is 9.10. The van der Waals surface area contributed by atoms with Gasteiger partial charge in [0.2, 0.25) is 10.0 Å². The number of piperazine rings is 1. The Labute approximate surface area is 144 Å². The van der Waals surface area contributed by atoms with Crippen molar-refractivity contribution in [2.24, 2.45) is 0 Å². The summed E-state index contributed by atoms with van der Waals surface area (Å²) in [5, 5.41) is 3.31. The van der Waals surface area contributed by atoms with E-state index in [0.717, 1.165) is 0 Å². The number of sulfonamides is 1. The van der Waals surface area contributed by atoms with Crippen molar-refractivity contribution in [1.29, 1.82) is 0 Å². The third kappa shape index (κ3) is 3.23. The van der Waals surface area contributed by atoms with Gasteiger partial charge in [0.1, 0.15) is 16.5 Å². The Hall–Kier alpha value is -1.74. The van der Waals surface area contributed by atoms with E-state index in [1.165, 1.54) is 28.7 Å². The highest BCUT2D eigenvalue weighted by Crippen LogP contribution is 2.31. The van der Waals surface area contributed by atoms with Gasteiger partial charge >= 0.3 is 0 Å². The SMILES string of the molecule is Nc1ncc(Cl)cc1S(=O)(=O)N1CCNCC1c1cccc(F)c1. The maximum absolute atomic E-state index is 13.5. The lowest BCUT2D eigenvalue weighted by Crippen LogP contribution is -2.48. The van der Waals surface area contributed by atoms with Gasteiger partial charge in [-0.15, -0.1) is 0 Å².